The molecule has 1 unspecified atom stereocenters. The molecule has 1 atom stereocenters. The lowest BCUT2D eigenvalue weighted by Gasteiger charge is -2.16. The van der Waals surface area contributed by atoms with Crippen LogP contribution in [0.5, 0.6) is 0 Å². The summed E-state index contributed by atoms with van der Waals surface area (Å²) in [6.07, 6.45) is 3.55. The quantitative estimate of drug-likeness (QED) is 0.807. The van der Waals surface area contributed by atoms with E-state index in [0.717, 1.165) is 6.42 Å². The number of hydrogen-bond acceptors (Lipinski definition) is 1. The molecule has 0 heterocycles. The van der Waals surface area contributed by atoms with E-state index in [0.29, 0.717) is 6.04 Å². The van der Waals surface area contributed by atoms with Crippen LogP contribution in [0.15, 0.2) is 48.5 Å². The maximum Gasteiger partial charge on any atom is 0.0317 e. The van der Waals surface area contributed by atoms with Gasteiger partial charge in [0.15, 0.2) is 0 Å². The molecule has 0 bridgehead atoms. The Morgan fingerprint density at radius 3 is 2.20 bits per heavy atom. The average molecular weight is 267 g/mol. The molecule has 0 radical (unpaired) electrons. The maximum atomic E-state index is 3.43. The highest BCUT2D eigenvalue weighted by Crippen LogP contribution is 2.20. The minimum absolute atomic E-state index is 0.460. The third-order valence-electron chi connectivity index (χ3n) is 3.79. The van der Waals surface area contributed by atoms with Gasteiger partial charge in [0.05, 0.1) is 0 Å². The highest BCUT2D eigenvalue weighted by Gasteiger charge is 2.08. The normalized spacial score (nSPS) is 12.3. The molecule has 1 N–H and O–H groups in total. The predicted molar refractivity (Wildman–Crippen MR) is 87.1 cm³/mol. The van der Waals surface area contributed by atoms with Crippen LogP contribution < -0.4 is 5.32 Å². The van der Waals surface area contributed by atoms with Gasteiger partial charge in [0.1, 0.15) is 0 Å². The maximum absolute atomic E-state index is 3.43. The fourth-order valence-electron chi connectivity index (χ4n) is 2.89. The first-order valence-corrected chi connectivity index (χ1v) is 7.48. The van der Waals surface area contributed by atoms with Crippen LogP contribution >= 0.6 is 0 Å². The van der Waals surface area contributed by atoms with Gasteiger partial charge in [-0.1, -0.05) is 59.7 Å². The zero-order valence-corrected chi connectivity index (χ0v) is 12.8. The molecule has 0 saturated heterocycles. The van der Waals surface area contributed by atoms with Crippen molar-refractivity contribution in [1.29, 1.82) is 0 Å². The van der Waals surface area contributed by atoms with Crippen LogP contribution in [0, 0.1) is 13.8 Å². The van der Waals surface area contributed by atoms with Crippen LogP contribution in [0.3, 0.4) is 0 Å². The third-order valence-corrected chi connectivity index (χ3v) is 3.79. The fraction of sp³-hybridized carbons (Fsp3) is 0.368. The molecule has 1 nitrogen and oxygen atoms in total. The van der Waals surface area contributed by atoms with Crippen molar-refractivity contribution in [3.63, 3.8) is 0 Å². The molecule has 0 spiro atoms. The lowest BCUT2D eigenvalue weighted by Crippen LogP contribution is -2.16. The molecule has 2 aromatic carbocycles. The van der Waals surface area contributed by atoms with Gasteiger partial charge in [0.2, 0.25) is 0 Å². The lowest BCUT2D eigenvalue weighted by atomic mass is 9.98. The van der Waals surface area contributed by atoms with E-state index in [1.165, 1.54) is 35.1 Å². The first-order valence-electron chi connectivity index (χ1n) is 7.48. The van der Waals surface area contributed by atoms with E-state index in [2.05, 4.69) is 74.7 Å². The number of benzene rings is 2. The number of aryl methyl sites for hydroxylation is 3. The van der Waals surface area contributed by atoms with E-state index in [1.807, 2.05) is 0 Å². The van der Waals surface area contributed by atoms with E-state index in [9.17, 15) is 0 Å². The Kier molecular flexibility index (Phi) is 5.37. The fourth-order valence-corrected chi connectivity index (χ4v) is 2.89. The van der Waals surface area contributed by atoms with Gasteiger partial charge in [-0.25, -0.2) is 0 Å². The Morgan fingerprint density at radius 1 is 0.950 bits per heavy atom. The topological polar surface area (TPSA) is 12.0 Å². The lowest BCUT2D eigenvalue weighted by molar-refractivity contribution is 0.527. The van der Waals surface area contributed by atoms with Crippen molar-refractivity contribution in [3.8, 4) is 0 Å². The summed E-state index contributed by atoms with van der Waals surface area (Å²) >= 11 is 0. The zero-order valence-electron chi connectivity index (χ0n) is 12.8. The summed E-state index contributed by atoms with van der Waals surface area (Å²) in [5.74, 6) is 0. The summed E-state index contributed by atoms with van der Waals surface area (Å²) in [4.78, 5) is 0. The molecule has 0 aliphatic heterocycles. The molecule has 0 amide bonds. The van der Waals surface area contributed by atoms with Gasteiger partial charge >= 0.3 is 0 Å². The monoisotopic (exact) mass is 267 g/mol. The Balaban J connectivity index is 1.91. The Labute approximate surface area is 123 Å². The molecule has 20 heavy (non-hydrogen) atoms. The van der Waals surface area contributed by atoms with Gasteiger partial charge in [-0.2, -0.15) is 0 Å². The average Bonchev–Trinajstić information content (AvgIpc) is 2.43. The van der Waals surface area contributed by atoms with Crippen molar-refractivity contribution in [2.75, 3.05) is 7.05 Å². The van der Waals surface area contributed by atoms with Crippen molar-refractivity contribution in [2.45, 2.75) is 39.2 Å². The largest absolute Gasteiger partial charge is 0.313 e. The van der Waals surface area contributed by atoms with Crippen LogP contribution in [-0.4, -0.2) is 7.05 Å². The zero-order chi connectivity index (χ0) is 14.4. The van der Waals surface area contributed by atoms with Crippen LogP contribution in [0.2, 0.25) is 0 Å². The first kappa shape index (κ1) is 14.8. The molecule has 106 valence electrons. The van der Waals surface area contributed by atoms with Gasteiger partial charge in [-0.3, -0.25) is 0 Å². The van der Waals surface area contributed by atoms with E-state index in [-0.39, 0.29) is 0 Å². The second-order valence-corrected chi connectivity index (χ2v) is 5.64. The van der Waals surface area contributed by atoms with Gasteiger partial charge in [0.25, 0.3) is 0 Å². The predicted octanol–water partition coefficient (Wildman–Crippen LogP) is 4.59. The Morgan fingerprint density at radius 2 is 1.60 bits per heavy atom. The van der Waals surface area contributed by atoms with Crippen molar-refractivity contribution in [2.24, 2.45) is 0 Å². The van der Waals surface area contributed by atoms with E-state index >= 15 is 0 Å². The minimum atomic E-state index is 0.460. The van der Waals surface area contributed by atoms with E-state index < -0.39 is 0 Å². The molecule has 1 heteroatoms. The van der Waals surface area contributed by atoms with E-state index in [4.69, 9.17) is 0 Å². The van der Waals surface area contributed by atoms with Gasteiger partial charge in [-0.05, 0) is 51.3 Å². The second kappa shape index (κ2) is 7.25. The van der Waals surface area contributed by atoms with Crippen molar-refractivity contribution < 1.29 is 0 Å². The number of hydrogen-bond donors (Lipinski definition) is 1. The summed E-state index contributed by atoms with van der Waals surface area (Å²) < 4.78 is 0. The Bertz CT molecular complexity index is 510. The molecule has 2 aromatic rings. The summed E-state index contributed by atoms with van der Waals surface area (Å²) in [6.45, 7) is 4.35. The summed E-state index contributed by atoms with van der Waals surface area (Å²) in [6, 6.07) is 18.0. The van der Waals surface area contributed by atoms with Gasteiger partial charge < -0.3 is 5.32 Å². The van der Waals surface area contributed by atoms with Gasteiger partial charge in [0, 0.05) is 6.04 Å². The molecule has 0 aliphatic rings. The molecular weight excluding hydrogens is 242 g/mol. The minimum Gasteiger partial charge on any atom is -0.313 e. The third kappa shape index (κ3) is 4.21. The molecule has 0 saturated carbocycles. The summed E-state index contributed by atoms with van der Waals surface area (Å²) in [5.41, 5.74) is 5.59. The molecule has 2 rings (SSSR count). The highest BCUT2D eigenvalue weighted by atomic mass is 14.9. The smallest absolute Gasteiger partial charge is 0.0317 e. The van der Waals surface area contributed by atoms with Crippen molar-refractivity contribution in [1.82, 2.24) is 5.32 Å². The number of rotatable bonds is 6. The van der Waals surface area contributed by atoms with Crippen LogP contribution in [0.25, 0.3) is 0 Å². The SMILES string of the molecule is CNC(CCCc1cc(C)cc(C)c1)c1ccccc1. The van der Waals surface area contributed by atoms with Crippen molar-refractivity contribution >= 4 is 0 Å². The number of nitrogens with one attached hydrogen (secondary N) is 1. The summed E-state index contributed by atoms with van der Waals surface area (Å²) in [7, 11) is 2.05. The summed E-state index contributed by atoms with van der Waals surface area (Å²) in [5, 5.41) is 3.43. The molecule has 0 aliphatic carbocycles. The Hall–Kier alpha value is -1.60. The molecule has 0 aromatic heterocycles. The van der Waals surface area contributed by atoms with Crippen LogP contribution in [0.1, 0.15) is 41.1 Å². The molecular formula is C19H25N. The van der Waals surface area contributed by atoms with E-state index in [1.54, 1.807) is 0 Å². The van der Waals surface area contributed by atoms with Crippen LogP contribution in [0.4, 0.5) is 0 Å². The second-order valence-electron chi connectivity index (χ2n) is 5.64. The molecule has 0 fully saturated rings. The standard InChI is InChI=1S/C19H25N/c1-15-12-16(2)14-17(13-15)8-7-11-19(20-3)18-9-5-4-6-10-18/h4-6,9-10,12-14,19-20H,7-8,11H2,1-3H3. The van der Waals surface area contributed by atoms with Crippen molar-refractivity contribution in [3.05, 3.63) is 70.8 Å². The van der Waals surface area contributed by atoms with Gasteiger partial charge in [-0.15, -0.1) is 0 Å². The van der Waals surface area contributed by atoms with Crippen LogP contribution in [-0.2, 0) is 6.42 Å². The highest BCUT2D eigenvalue weighted by molar-refractivity contribution is 5.28. The first-order chi connectivity index (χ1) is 9.69.